The van der Waals surface area contributed by atoms with E-state index in [4.69, 9.17) is 0 Å². The molecule has 137 valence electrons. The SMILES string of the molecule is C[C](C)([Hg])C(CO)c1cc(-c2cc(F)ccc2F)cn1Cc1ccccc1. The molecule has 0 aliphatic carbocycles. The maximum atomic E-state index is 14.3. The van der Waals surface area contributed by atoms with Crippen LogP contribution in [0.5, 0.6) is 0 Å². The molecule has 5 heteroatoms. The zero-order valence-corrected chi connectivity index (χ0v) is 21.1. The van der Waals surface area contributed by atoms with Crippen molar-refractivity contribution in [3.8, 4) is 11.1 Å². The maximum absolute atomic E-state index is 14.3. The van der Waals surface area contributed by atoms with Crippen molar-refractivity contribution in [2.45, 2.75) is 29.2 Å². The summed E-state index contributed by atoms with van der Waals surface area (Å²) >= 11 is 0.427. The summed E-state index contributed by atoms with van der Waals surface area (Å²) in [6.45, 7) is 4.95. The van der Waals surface area contributed by atoms with Gasteiger partial charge in [-0.15, -0.1) is 0 Å². The van der Waals surface area contributed by atoms with Gasteiger partial charge < -0.3 is 0 Å². The molecule has 0 spiro atoms. The van der Waals surface area contributed by atoms with Crippen LogP contribution in [0.15, 0.2) is 60.8 Å². The third-order valence-corrected chi connectivity index (χ3v) is 6.76. The molecule has 2 nitrogen and oxygen atoms in total. The molecule has 27 heavy (non-hydrogen) atoms. The summed E-state index contributed by atoms with van der Waals surface area (Å²) in [5.74, 6) is -0.960. The molecule has 1 aromatic heterocycles. The Hall–Kier alpha value is -1.52. The van der Waals surface area contributed by atoms with Crippen molar-refractivity contribution in [2.75, 3.05) is 6.61 Å². The fourth-order valence-corrected chi connectivity index (χ4v) is 4.66. The second-order valence-corrected chi connectivity index (χ2v) is 14.7. The van der Waals surface area contributed by atoms with Crippen LogP contribution in [-0.4, -0.2) is 16.3 Å². The molecule has 2 aromatic carbocycles. The van der Waals surface area contributed by atoms with Gasteiger partial charge in [0.2, 0.25) is 0 Å². The van der Waals surface area contributed by atoms with Crippen LogP contribution in [-0.2, 0) is 32.7 Å². The van der Waals surface area contributed by atoms with Crippen LogP contribution in [0.4, 0.5) is 8.78 Å². The van der Waals surface area contributed by atoms with Crippen LogP contribution in [0.1, 0.15) is 31.0 Å². The van der Waals surface area contributed by atoms with Gasteiger partial charge in [0.15, 0.2) is 0 Å². The number of halogens is 2. The Balaban J connectivity index is 2.12. The van der Waals surface area contributed by atoms with E-state index in [0.29, 0.717) is 38.2 Å². The van der Waals surface area contributed by atoms with E-state index in [9.17, 15) is 13.9 Å². The Morgan fingerprint density at radius 3 is 2.41 bits per heavy atom. The molecular formula is C22H22F2HgNO. The van der Waals surface area contributed by atoms with Crippen LogP contribution >= 0.6 is 0 Å². The summed E-state index contributed by atoms with van der Waals surface area (Å²) in [5.41, 5.74) is 2.96. The molecule has 0 fully saturated rings. The quantitative estimate of drug-likeness (QED) is 0.411. The number of rotatable bonds is 6. The van der Waals surface area contributed by atoms with Gasteiger partial charge in [0, 0.05) is 0 Å². The van der Waals surface area contributed by atoms with E-state index in [1.165, 1.54) is 6.07 Å². The second-order valence-electron chi connectivity index (χ2n) is 7.62. The first-order chi connectivity index (χ1) is 12.8. The molecule has 0 radical (unpaired) electrons. The Morgan fingerprint density at radius 2 is 1.78 bits per heavy atom. The summed E-state index contributed by atoms with van der Waals surface area (Å²) < 4.78 is 30.1. The molecule has 1 atom stereocenters. The van der Waals surface area contributed by atoms with Crippen LogP contribution in [0.25, 0.3) is 11.1 Å². The van der Waals surface area contributed by atoms with Gasteiger partial charge in [0.1, 0.15) is 0 Å². The molecule has 3 rings (SSSR count). The second kappa shape index (κ2) is 8.23. The number of hydrogen-bond acceptors (Lipinski definition) is 1. The van der Waals surface area contributed by atoms with Crippen molar-refractivity contribution in [3.05, 3.63) is 83.7 Å². The van der Waals surface area contributed by atoms with Crippen LogP contribution in [0, 0.1) is 11.6 Å². The molecule has 0 bridgehead atoms. The number of nitrogens with zero attached hydrogens (tertiary/aromatic N) is 1. The summed E-state index contributed by atoms with van der Waals surface area (Å²) in [6.07, 6.45) is 1.86. The number of aliphatic hydroxyl groups is 1. The van der Waals surface area contributed by atoms with E-state index in [-0.39, 0.29) is 21.0 Å². The van der Waals surface area contributed by atoms with E-state index >= 15 is 0 Å². The predicted molar refractivity (Wildman–Crippen MR) is 99.2 cm³/mol. The van der Waals surface area contributed by atoms with Gasteiger partial charge in [0.05, 0.1) is 0 Å². The Morgan fingerprint density at radius 1 is 1.07 bits per heavy atom. The summed E-state index contributed by atoms with van der Waals surface area (Å²) in [6, 6.07) is 15.4. The molecule has 0 amide bonds. The fourth-order valence-electron chi connectivity index (χ4n) is 3.35. The zero-order chi connectivity index (χ0) is 19.6. The van der Waals surface area contributed by atoms with Crippen LogP contribution < -0.4 is 0 Å². The van der Waals surface area contributed by atoms with Crippen molar-refractivity contribution in [1.29, 1.82) is 0 Å². The van der Waals surface area contributed by atoms with Gasteiger partial charge in [-0.3, -0.25) is 0 Å². The van der Waals surface area contributed by atoms with E-state index in [1.807, 2.05) is 42.6 Å². The van der Waals surface area contributed by atoms with E-state index < -0.39 is 11.6 Å². The Bertz CT molecular complexity index is 916. The van der Waals surface area contributed by atoms with Crippen molar-refractivity contribution >= 4 is 0 Å². The zero-order valence-electron chi connectivity index (χ0n) is 15.6. The minimum absolute atomic E-state index is 0.0132. The average Bonchev–Trinajstić information content (AvgIpc) is 3.00. The van der Waals surface area contributed by atoms with Crippen molar-refractivity contribution in [3.63, 3.8) is 0 Å². The van der Waals surface area contributed by atoms with E-state index in [0.717, 1.165) is 23.4 Å². The first kappa shape index (κ1) is 20.2. The molecule has 1 unspecified atom stereocenters. The summed E-state index contributed by atoms with van der Waals surface area (Å²) in [5, 5.41) is 10.1. The van der Waals surface area contributed by atoms with E-state index in [1.54, 1.807) is 0 Å². The molecule has 1 N–H and O–H groups in total. The fraction of sp³-hybridized carbons (Fsp3) is 0.273. The number of aromatic nitrogens is 1. The molecule has 0 aliphatic heterocycles. The molecular weight excluding hydrogens is 533 g/mol. The van der Waals surface area contributed by atoms with E-state index in [2.05, 4.69) is 18.4 Å². The Kier molecular flexibility index (Phi) is 6.16. The van der Waals surface area contributed by atoms with Crippen LogP contribution in [0.3, 0.4) is 0 Å². The molecule has 0 saturated heterocycles. The molecule has 0 saturated carbocycles. The van der Waals surface area contributed by atoms with Crippen molar-refractivity contribution in [2.24, 2.45) is 0 Å². The average molecular weight is 555 g/mol. The number of hydrogen-bond donors (Lipinski definition) is 1. The molecule has 3 aromatic rings. The summed E-state index contributed by atoms with van der Waals surface area (Å²) in [7, 11) is 0. The van der Waals surface area contributed by atoms with Gasteiger partial charge in [-0.2, -0.15) is 0 Å². The number of benzene rings is 2. The van der Waals surface area contributed by atoms with Crippen molar-refractivity contribution in [1.82, 2.24) is 4.57 Å². The van der Waals surface area contributed by atoms with Gasteiger partial charge in [-0.25, -0.2) is 0 Å². The van der Waals surface area contributed by atoms with Crippen LogP contribution in [0.2, 0.25) is 2.92 Å². The summed E-state index contributed by atoms with van der Waals surface area (Å²) in [4.78, 5) is 0. The topological polar surface area (TPSA) is 25.2 Å². The van der Waals surface area contributed by atoms with Gasteiger partial charge in [-0.1, -0.05) is 0 Å². The normalized spacial score (nSPS) is 13.0. The molecule has 0 aliphatic rings. The van der Waals surface area contributed by atoms with Gasteiger partial charge >= 0.3 is 175 Å². The third kappa shape index (κ3) is 4.67. The predicted octanol–water partition coefficient (Wildman–Crippen LogP) is 5.30. The monoisotopic (exact) mass is 556 g/mol. The standard InChI is InChI=1S/C22H22F2NO.Hg/c1-15(2)20(14-26)22-10-17(19-11-18(23)8-9-21(19)24)13-25(22)12-16-6-4-3-5-7-16;/h3-11,13,20,26H,12,14H2,1-2H3;. The first-order valence-electron chi connectivity index (χ1n) is 8.95. The first-order valence-corrected chi connectivity index (χ1v) is 11.7. The Labute approximate surface area is 174 Å². The minimum atomic E-state index is -0.464. The molecule has 1 heterocycles. The van der Waals surface area contributed by atoms with Gasteiger partial charge in [0.25, 0.3) is 0 Å². The van der Waals surface area contributed by atoms with Gasteiger partial charge in [-0.05, 0) is 0 Å². The van der Waals surface area contributed by atoms with Crippen molar-refractivity contribution < 1.29 is 40.0 Å². The third-order valence-electron chi connectivity index (χ3n) is 4.85. The number of aliphatic hydroxyl groups excluding tert-OH is 1.